The van der Waals surface area contributed by atoms with Crippen LogP contribution in [-0.4, -0.2) is 42.3 Å². The number of thioether (sulfide) groups is 1. The average molecular weight is 485 g/mol. The number of rotatable bonds is 6. The molecule has 1 amide bonds. The molecule has 1 atom stereocenters. The number of anilines is 1. The van der Waals surface area contributed by atoms with Crippen molar-refractivity contribution in [2.45, 2.75) is 23.8 Å². The molecule has 35 heavy (non-hydrogen) atoms. The Bertz CT molecular complexity index is 1440. The Balaban J connectivity index is 1.45. The fraction of sp³-hybridized carbons (Fsp3) is 0.115. The highest BCUT2D eigenvalue weighted by atomic mass is 32.2. The molecule has 0 bridgehead atoms. The Hall–Kier alpha value is -4.24. The maximum atomic E-state index is 13.1. The molecule has 8 nitrogen and oxygen atoms in total. The lowest BCUT2D eigenvalue weighted by atomic mass is 10.0. The van der Waals surface area contributed by atoms with Crippen LogP contribution >= 0.6 is 11.8 Å². The van der Waals surface area contributed by atoms with Gasteiger partial charge in [-0.2, -0.15) is 0 Å². The van der Waals surface area contributed by atoms with Crippen molar-refractivity contribution in [2.24, 2.45) is 0 Å². The number of hydrogen-bond acceptors (Lipinski definition) is 8. The lowest BCUT2D eigenvalue weighted by molar-refractivity contribution is -0.115. The highest BCUT2D eigenvalue weighted by molar-refractivity contribution is 8.00. The van der Waals surface area contributed by atoms with Crippen molar-refractivity contribution in [2.75, 3.05) is 5.32 Å². The van der Waals surface area contributed by atoms with Gasteiger partial charge in [-0.15, -0.1) is 10.2 Å². The third kappa shape index (κ3) is 4.71. The molecular weight excluding hydrogens is 464 g/mol. The van der Waals surface area contributed by atoms with Gasteiger partial charge in [0.05, 0.1) is 11.7 Å². The number of aromatic nitrogens is 3. The van der Waals surface area contributed by atoms with E-state index >= 15 is 0 Å². The van der Waals surface area contributed by atoms with Gasteiger partial charge in [0.2, 0.25) is 11.1 Å². The summed E-state index contributed by atoms with van der Waals surface area (Å²) in [7, 11) is 0. The van der Waals surface area contributed by atoms with Crippen LogP contribution in [0.25, 0.3) is 22.5 Å². The summed E-state index contributed by atoms with van der Waals surface area (Å²) in [6.45, 7) is 1.78. The molecule has 1 aliphatic rings. The van der Waals surface area contributed by atoms with Crippen LogP contribution in [0.2, 0.25) is 0 Å². The predicted molar refractivity (Wildman–Crippen MR) is 132 cm³/mol. The van der Waals surface area contributed by atoms with Crippen molar-refractivity contribution in [1.82, 2.24) is 15.2 Å². The van der Waals surface area contributed by atoms with Crippen molar-refractivity contribution in [3.05, 3.63) is 77.9 Å². The molecule has 9 heteroatoms. The van der Waals surface area contributed by atoms with Gasteiger partial charge in [0, 0.05) is 22.4 Å². The molecule has 0 spiro atoms. The second-order valence-corrected chi connectivity index (χ2v) is 9.41. The van der Waals surface area contributed by atoms with Crippen LogP contribution < -0.4 is 5.32 Å². The van der Waals surface area contributed by atoms with Gasteiger partial charge in [-0.25, -0.2) is 4.98 Å². The summed E-state index contributed by atoms with van der Waals surface area (Å²) in [6, 6.07) is 18.3. The van der Waals surface area contributed by atoms with Crippen LogP contribution in [0.3, 0.4) is 0 Å². The largest absolute Gasteiger partial charge is 0.508 e. The monoisotopic (exact) mass is 484 g/mol. The van der Waals surface area contributed by atoms with Crippen LogP contribution in [-0.2, 0) is 11.2 Å². The van der Waals surface area contributed by atoms with E-state index in [0.29, 0.717) is 27.7 Å². The Morgan fingerprint density at radius 2 is 1.54 bits per heavy atom. The number of amides is 1. The first-order valence-corrected chi connectivity index (χ1v) is 11.7. The molecule has 3 N–H and O–H groups in total. The van der Waals surface area contributed by atoms with E-state index < -0.39 is 5.25 Å². The zero-order chi connectivity index (χ0) is 24.5. The van der Waals surface area contributed by atoms with E-state index in [0.717, 1.165) is 16.8 Å². The molecule has 0 saturated carbocycles. The summed E-state index contributed by atoms with van der Waals surface area (Å²) >= 11 is 1.19. The van der Waals surface area contributed by atoms with Gasteiger partial charge < -0.3 is 15.5 Å². The molecule has 3 aromatic carbocycles. The van der Waals surface area contributed by atoms with Crippen molar-refractivity contribution in [3.63, 3.8) is 0 Å². The molecule has 0 aliphatic carbocycles. The van der Waals surface area contributed by atoms with Crippen LogP contribution in [0.4, 0.5) is 5.69 Å². The summed E-state index contributed by atoms with van der Waals surface area (Å²) in [5.41, 5.74) is 4.55. The van der Waals surface area contributed by atoms with E-state index in [1.807, 2.05) is 0 Å². The van der Waals surface area contributed by atoms with Crippen LogP contribution in [0.1, 0.15) is 22.8 Å². The maximum absolute atomic E-state index is 13.1. The number of carbonyl (C=O) groups excluding carboxylic acids is 2. The number of carbonyl (C=O) groups is 2. The van der Waals surface area contributed by atoms with E-state index in [1.54, 1.807) is 73.7 Å². The molecule has 174 valence electrons. The third-order valence-electron chi connectivity index (χ3n) is 5.62. The van der Waals surface area contributed by atoms with Crippen molar-refractivity contribution in [1.29, 1.82) is 0 Å². The summed E-state index contributed by atoms with van der Waals surface area (Å²) in [5.74, 6) is 0.0746. The molecule has 4 aromatic rings. The topological polar surface area (TPSA) is 125 Å². The van der Waals surface area contributed by atoms with Crippen molar-refractivity contribution < 1.29 is 19.8 Å². The predicted octanol–water partition coefficient (Wildman–Crippen LogP) is 4.47. The van der Waals surface area contributed by atoms with Gasteiger partial charge in [-0.05, 0) is 79.2 Å². The number of nitrogens with one attached hydrogen (secondary N) is 1. The normalized spacial score (nSPS) is 13.2. The molecule has 1 aliphatic heterocycles. The summed E-state index contributed by atoms with van der Waals surface area (Å²) in [6.07, 6.45) is 0.264. The van der Waals surface area contributed by atoms with Gasteiger partial charge in [0.15, 0.2) is 5.78 Å². The van der Waals surface area contributed by atoms with Gasteiger partial charge >= 0.3 is 0 Å². The van der Waals surface area contributed by atoms with E-state index in [4.69, 9.17) is 4.98 Å². The maximum Gasteiger partial charge on any atom is 0.228 e. The number of ketones is 1. The number of hydrogen-bond donors (Lipinski definition) is 3. The fourth-order valence-electron chi connectivity index (χ4n) is 3.82. The molecule has 0 fully saturated rings. The Kier molecular flexibility index (Phi) is 5.92. The van der Waals surface area contributed by atoms with Gasteiger partial charge in [-0.3, -0.25) is 9.59 Å². The second kappa shape index (κ2) is 9.19. The molecule has 5 rings (SSSR count). The molecule has 1 aromatic heterocycles. The third-order valence-corrected chi connectivity index (χ3v) is 6.57. The molecule has 0 saturated heterocycles. The number of fused-ring (bicyclic) bond motifs is 1. The first-order valence-electron chi connectivity index (χ1n) is 10.8. The summed E-state index contributed by atoms with van der Waals surface area (Å²) in [5, 5.41) is 30.6. The highest BCUT2D eigenvalue weighted by Crippen LogP contribution is 2.33. The number of phenolic OH excluding ortho intramolecular Hbond substituents is 2. The van der Waals surface area contributed by atoms with Crippen LogP contribution in [0.5, 0.6) is 11.5 Å². The van der Waals surface area contributed by atoms with Crippen LogP contribution in [0.15, 0.2) is 71.9 Å². The Morgan fingerprint density at radius 1 is 0.914 bits per heavy atom. The first kappa shape index (κ1) is 22.5. The first-order chi connectivity index (χ1) is 16.9. The van der Waals surface area contributed by atoms with Crippen molar-refractivity contribution >= 4 is 29.1 Å². The molecule has 0 unspecified atom stereocenters. The van der Waals surface area contributed by atoms with E-state index in [1.165, 1.54) is 11.8 Å². The zero-order valence-corrected chi connectivity index (χ0v) is 19.4. The Labute approximate surface area is 205 Å². The number of nitrogens with zero attached hydrogens (tertiary/aromatic N) is 3. The van der Waals surface area contributed by atoms with Gasteiger partial charge in [0.1, 0.15) is 22.9 Å². The molecule has 0 radical (unpaired) electrons. The standard InChI is InChI=1S/C26H20N4O4S/c1-14(25(34)17-6-11-21-18(12-17)13-22(33)27-21)35-26-28-23(15-2-7-19(31)8-3-15)24(29-30-26)16-4-9-20(32)10-5-16/h2-12,14,31-32H,13H2,1H3,(H,27,33)/t14-/m1/s1. The highest BCUT2D eigenvalue weighted by Gasteiger charge is 2.23. The van der Waals surface area contributed by atoms with Crippen LogP contribution in [0, 0.1) is 0 Å². The minimum atomic E-state index is -0.493. The number of aromatic hydroxyl groups is 2. The van der Waals surface area contributed by atoms with Crippen molar-refractivity contribution in [3.8, 4) is 34.0 Å². The minimum absolute atomic E-state index is 0.0815. The van der Waals surface area contributed by atoms with E-state index in [-0.39, 0.29) is 29.6 Å². The smallest absolute Gasteiger partial charge is 0.228 e. The fourth-order valence-corrected chi connectivity index (χ4v) is 4.62. The average Bonchev–Trinajstić information content (AvgIpc) is 3.24. The van der Waals surface area contributed by atoms with E-state index in [9.17, 15) is 19.8 Å². The lowest BCUT2D eigenvalue weighted by Gasteiger charge is -2.13. The SMILES string of the molecule is C[C@@H](Sc1nnc(-c2ccc(O)cc2)c(-c2ccc(O)cc2)n1)C(=O)c1ccc2c(c1)CC(=O)N2. The number of Topliss-reactive ketones (excluding diaryl/α,β-unsaturated/α-hetero) is 1. The second-order valence-electron chi connectivity index (χ2n) is 8.11. The minimum Gasteiger partial charge on any atom is -0.508 e. The van der Waals surface area contributed by atoms with Gasteiger partial charge in [0.25, 0.3) is 0 Å². The van der Waals surface area contributed by atoms with Gasteiger partial charge in [-0.1, -0.05) is 11.8 Å². The summed E-state index contributed by atoms with van der Waals surface area (Å²) in [4.78, 5) is 29.4. The zero-order valence-electron chi connectivity index (χ0n) is 18.6. The molecule has 2 heterocycles. The summed E-state index contributed by atoms with van der Waals surface area (Å²) < 4.78 is 0. The molecular formula is C26H20N4O4S. The van der Waals surface area contributed by atoms with E-state index in [2.05, 4.69) is 15.5 Å². The number of benzene rings is 3. The number of phenols is 2. The Morgan fingerprint density at radius 3 is 2.20 bits per heavy atom. The lowest BCUT2D eigenvalue weighted by Crippen LogP contribution is -2.14. The quantitative estimate of drug-likeness (QED) is 0.270.